The van der Waals surface area contributed by atoms with Gasteiger partial charge in [0.1, 0.15) is 0 Å². The molecular formula is C12H10ClN5O2S. The molecule has 0 aliphatic carbocycles. The maximum absolute atomic E-state index is 12.3. The number of hydrogen-bond donors (Lipinski definition) is 3. The fourth-order valence-electron chi connectivity index (χ4n) is 1.58. The second-order valence-corrected chi connectivity index (χ2v) is 5.92. The quantitative estimate of drug-likeness (QED) is 0.581. The predicted octanol–water partition coefficient (Wildman–Crippen LogP) is 1.69. The Balaban J connectivity index is 2.45. The van der Waals surface area contributed by atoms with E-state index in [0.29, 0.717) is 0 Å². The van der Waals surface area contributed by atoms with Gasteiger partial charge in [-0.3, -0.25) is 10.6 Å². The molecule has 2 rings (SSSR count). The monoisotopic (exact) mass is 323 g/mol. The van der Waals surface area contributed by atoms with Gasteiger partial charge >= 0.3 is 0 Å². The molecule has 2 aromatic rings. The van der Waals surface area contributed by atoms with Crippen molar-refractivity contribution in [3.63, 3.8) is 0 Å². The van der Waals surface area contributed by atoms with E-state index in [1.807, 2.05) is 6.07 Å². The van der Waals surface area contributed by atoms with Crippen molar-refractivity contribution in [1.29, 1.82) is 5.26 Å². The van der Waals surface area contributed by atoms with Crippen LogP contribution in [0.4, 0.5) is 11.4 Å². The normalized spacial score (nSPS) is 10.7. The molecule has 21 heavy (non-hydrogen) atoms. The number of rotatable bonds is 4. The second-order valence-electron chi connectivity index (χ2n) is 3.91. The van der Waals surface area contributed by atoms with Crippen molar-refractivity contribution >= 4 is 33.0 Å². The fraction of sp³-hybridized carbons (Fsp3) is 0. The summed E-state index contributed by atoms with van der Waals surface area (Å²) in [6.45, 7) is 0. The van der Waals surface area contributed by atoms with Crippen molar-refractivity contribution in [2.24, 2.45) is 5.84 Å². The highest BCUT2D eigenvalue weighted by molar-refractivity contribution is 7.92. The van der Waals surface area contributed by atoms with E-state index in [2.05, 4.69) is 15.1 Å². The molecule has 0 fully saturated rings. The number of sulfonamides is 1. The van der Waals surface area contributed by atoms with E-state index in [1.165, 1.54) is 36.5 Å². The number of pyridine rings is 1. The van der Waals surface area contributed by atoms with Gasteiger partial charge in [-0.1, -0.05) is 11.6 Å². The summed E-state index contributed by atoms with van der Waals surface area (Å²) in [7, 11) is -4.00. The van der Waals surface area contributed by atoms with Crippen LogP contribution in [-0.2, 0) is 10.0 Å². The molecule has 4 N–H and O–H groups in total. The van der Waals surface area contributed by atoms with E-state index in [0.717, 1.165) is 0 Å². The topological polar surface area (TPSA) is 121 Å². The Morgan fingerprint density at radius 2 is 2.05 bits per heavy atom. The minimum Gasteiger partial charge on any atom is -0.321 e. The predicted molar refractivity (Wildman–Crippen MR) is 79.0 cm³/mol. The van der Waals surface area contributed by atoms with Gasteiger partial charge in [-0.2, -0.15) is 13.7 Å². The molecule has 0 bridgehead atoms. The number of anilines is 2. The SMILES string of the molecule is N#Cc1ccc(Cl)c(NS(=O)(=O)c2ncccc2NN)c1. The molecule has 1 aromatic heterocycles. The molecule has 0 unspecified atom stereocenters. The van der Waals surface area contributed by atoms with Gasteiger partial charge in [0, 0.05) is 6.20 Å². The first-order valence-electron chi connectivity index (χ1n) is 5.62. The number of hydrazine groups is 1. The van der Waals surface area contributed by atoms with Crippen LogP contribution in [0.5, 0.6) is 0 Å². The molecule has 0 radical (unpaired) electrons. The van der Waals surface area contributed by atoms with Gasteiger partial charge in [0.2, 0.25) is 5.03 Å². The van der Waals surface area contributed by atoms with E-state index in [4.69, 9.17) is 22.7 Å². The largest absolute Gasteiger partial charge is 0.321 e. The van der Waals surface area contributed by atoms with Gasteiger partial charge in [0.15, 0.2) is 0 Å². The van der Waals surface area contributed by atoms with Gasteiger partial charge in [-0.05, 0) is 30.3 Å². The van der Waals surface area contributed by atoms with E-state index < -0.39 is 10.0 Å². The van der Waals surface area contributed by atoms with Gasteiger partial charge in [0.25, 0.3) is 10.0 Å². The van der Waals surface area contributed by atoms with Crippen molar-refractivity contribution in [2.45, 2.75) is 5.03 Å². The van der Waals surface area contributed by atoms with Gasteiger partial charge in [-0.25, -0.2) is 4.98 Å². The number of nitrogens with two attached hydrogens (primary N) is 1. The highest BCUT2D eigenvalue weighted by atomic mass is 35.5. The van der Waals surface area contributed by atoms with Crippen LogP contribution >= 0.6 is 11.6 Å². The minimum absolute atomic E-state index is 0.0874. The Hall–Kier alpha value is -2.34. The van der Waals surface area contributed by atoms with Crippen molar-refractivity contribution < 1.29 is 8.42 Å². The van der Waals surface area contributed by atoms with Crippen LogP contribution in [0.2, 0.25) is 5.02 Å². The van der Waals surface area contributed by atoms with Crippen LogP contribution in [0.1, 0.15) is 5.56 Å². The zero-order valence-electron chi connectivity index (χ0n) is 10.5. The molecule has 1 heterocycles. The number of nitrogens with one attached hydrogen (secondary N) is 2. The molecule has 0 aliphatic rings. The lowest BCUT2D eigenvalue weighted by Crippen LogP contribution is -2.19. The third kappa shape index (κ3) is 3.22. The summed E-state index contributed by atoms with van der Waals surface area (Å²) >= 11 is 5.92. The molecule has 108 valence electrons. The number of benzene rings is 1. The van der Waals surface area contributed by atoms with Gasteiger partial charge in [-0.15, -0.1) is 0 Å². The van der Waals surface area contributed by atoms with E-state index in [9.17, 15) is 8.42 Å². The lowest BCUT2D eigenvalue weighted by atomic mass is 10.2. The standard InChI is InChI=1S/C12H10ClN5O2S/c13-9-4-3-8(7-14)6-11(9)18-21(19,20)12-10(17-15)2-1-5-16-12/h1-6,17-18H,15H2. The molecule has 7 nitrogen and oxygen atoms in total. The summed E-state index contributed by atoms with van der Waals surface area (Å²) in [5.41, 5.74) is 2.76. The van der Waals surface area contributed by atoms with Crippen molar-refractivity contribution in [3.8, 4) is 6.07 Å². The Kier molecular flexibility index (Phi) is 4.28. The van der Waals surface area contributed by atoms with Crippen LogP contribution < -0.4 is 16.0 Å². The smallest absolute Gasteiger partial charge is 0.281 e. The average Bonchev–Trinajstić information content (AvgIpc) is 2.49. The third-order valence-corrected chi connectivity index (χ3v) is 4.17. The number of hydrogen-bond acceptors (Lipinski definition) is 6. The van der Waals surface area contributed by atoms with E-state index in [1.54, 1.807) is 0 Å². The second kappa shape index (κ2) is 5.97. The van der Waals surface area contributed by atoms with Gasteiger partial charge < -0.3 is 5.43 Å². The molecule has 0 amide bonds. The highest BCUT2D eigenvalue weighted by Gasteiger charge is 2.21. The molecule has 0 saturated heterocycles. The number of aromatic nitrogens is 1. The molecule has 0 aliphatic heterocycles. The zero-order valence-corrected chi connectivity index (χ0v) is 12.1. The third-order valence-electron chi connectivity index (χ3n) is 2.52. The van der Waals surface area contributed by atoms with Crippen molar-refractivity contribution in [1.82, 2.24) is 4.98 Å². The summed E-state index contributed by atoms with van der Waals surface area (Å²) in [6.07, 6.45) is 1.32. The number of nitriles is 1. The van der Waals surface area contributed by atoms with Crippen LogP contribution in [0, 0.1) is 11.3 Å². The molecule has 9 heteroatoms. The summed E-state index contributed by atoms with van der Waals surface area (Å²) in [4.78, 5) is 3.79. The Morgan fingerprint density at radius 1 is 1.29 bits per heavy atom. The first-order chi connectivity index (χ1) is 9.97. The highest BCUT2D eigenvalue weighted by Crippen LogP contribution is 2.27. The number of nitrogen functional groups attached to an aromatic ring is 1. The zero-order chi connectivity index (χ0) is 15.5. The first kappa shape index (κ1) is 15.1. The molecule has 0 saturated carbocycles. The maximum atomic E-state index is 12.3. The van der Waals surface area contributed by atoms with Crippen molar-refractivity contribution in [3.05, 3.63) is 47.1 Å². The molecule has 0 atom stereocenters. The van der Waals surface area contributed by atoms with Crippen molar-refractivity contribution in [2.75, 3.05) is 10.1 Å². The minimum atomic E-state index is -4.00. The lowest BCUT2D eigenvalue weighted by molar-refractivity contribution is 0.598. The van der Waals surface area contributed by atoms with Crippen LogP contribution in [0.3, 0.4) is 0 Å². The average molecular weight is 324 g/mol. The lowest BCUT2D eigenvalue weighted by Gasteiger charge is -2.11. The Morgan fingerprint density at radius 3 is 2.71 bits per heavy atom. The summed E-state index contributed by atoms with van der Waals surface area (Å²) in [5, 5.41) is 8.73. The summed E-state index contributed by atoms with van der Waals surface area (Å²) in [6, 6.07) is 9.15. The fourth-order valence-corrected chi connectivity index (χ4v) is 2.97. The Labute approximate surface area is 126 Å². The molecule has 0 spiro atoms. The summed E-state index contributed by atoms with van der Waals surface area (Å²) in [5.74, 6) is 5.26. The number of nitrogens with zero attached hydrogens (tertiary/aromatic N) is 2. The van der Waals surface area contributed by atoms with Gasteiger partial charge in [0.05, 0.1) is 28.0 Å². The van der Waals surface area contributed by atoms with Crippen LogP contribution in [0.15, 0.2) is 41.6 Å². The van der Waals surface area contributed by atoms with Crippen LogP contribution in [0.25, 0.3) is 0 Å². The maximum Gasteiger partial charge on any atom is 0.281 e. The molecule has 1 aromatic carbocycles. The number of halogens is 1. The molecular weight excluding hydrogens is 314 g/mol. The van der Waals surface area contributed by atoms with E-state index >= 15 is 0 Å². The van der Waals surface area contributed by atoms with E-state index in [-0.39, 0.29) is 27.0 Å². The summed E-state index contributed by atoms with van der Waals surface area (Å²) < 4.78 is 26.9. The first-order valence-corrected chi connectivity index (χ1v) is 7.48. The van der Waals surface area contributed by atoms with Crippen LogP contribution in [-0.4, -0.2) is 13.4 Å². The Bertz CT molecular complexity index is 817.